The molecule has 0 spiro atoms. The molecule has 1 aromatic heterocycles. The molecule has 1 aliphatic heterocycles. The number of hydrogen-bond acceptors (Lipinski definition) is 6. The van der Waals surface area contributed by atoms with Crippen LogP contribution < -0.4 is 4.74 Å². The van der Waals surface area contributed by atoms with Gasteiger partial charge in [-0.25, -0.2) is 0 Å². The zero-order valence-electron chi connectivity index (χ0n) is 14.4. The van der Waals surface area contributed by atoms with Crippen LogP contribution in [0.3, 0.4) is 0 Å². The molecule has 3 aromatic rings. The Balaban J connectivity index is 1.52. The summed E-state index contributed by atoms with van der Waals surface area (Å²) < 4.78 is 15.4. The van der Waals surface area contributed by atoms with Crippen LogP contribution in [0.5, 0.6) is 5.75 Å². The van der Waals surface area contributed by atoms with Crippen LogP contribution in [0.15, 0.2) is 36.4 Å². The molecule has 1 saturated heterocycles. The van der Waals surface area contributed by atoms with Gasteiger partial charge in [0.15, 0.2) is 0 Å². The Morgan fingerprint density at radius 2 is 2.08 bits per heavy atom. The minimum absolute atomic E-state index is 0.0986. The lowest BCUT2D eigenvalue weighted by atomic mass is 10.0. The average Bonchev–Trinajstić information content (AvgIpc) is 3.05. The van der Waals surface area contributed by atoms with Crippen molar-refractivity contribution < 1.29 is 9.47 Å². The van der Waals surface area contributed by atoms with E-state index in [9.17, 15) is 0 Å². The zero-order chi connectivity index (χ0) is 17.2. The molecule has 0 N–H and O–H groups in total. The first-order chi connectivity index (χ1) is 12.2. The van der Waals surface area contributed by atoms with E-state index < -0.39 is 0 Å². The van der Waals surface area contributed by atoms with Crippen LogP contribution in [-0.4, -0.2) is 41.3 Å². The van der Waals surface area contributed by atoms with Gasteiger partial charge in [-0.3, -0.25) is 4.90 Å². The SMILES string of the molecule is COc1ccc2cc([C@@H]3CN(Cc4snnc4C)CCO3)ccc2c1. The number of fused-ring (bicyclic) bond motifs is 1. The van der Waals surface area contributed by atoms with E-state index >= 15 is 0 Å². The highest BCUT2D eigenvalue weighted by Crippen LogP contribution is 2.28. The molecule has 0 radical (unpaired) electrons. The second-order valence-electron chi connectivity index (χ2n) is 6.35. The molecule has 4 rings (SSSR count). The van der Waals surface area contributed by atoms with Crippen molar-refractivity contribution in [3.05, 3.63) is 52.5 Å². The van der Waals surface area contributed by atoms with Crippen molar-refractivity contribution in [3.63, 3.8) is 0 Å². The van der Waals surface area contributed by atoms with Crippen molar-refractivity contribution in [1.29, 1.82) is 0 Å². The molecule has 1 atom stereocenters. The molecular weight excluding hydrogens is 334 g/mol. The summed E-state index contributed by atoms with van der Waals surface area (Å²) in [6, 6.07) is 12.7. The Morgan fingerprint density at radius 1 is 1.24 bits per heavy atom. The van der Waals surface area contributed by atoms with E-state index in [2.05, 4.69) is 44.8 Å². The van der Waals surface area contributed by atoms with Gasteiger partial charge in [0.05, 0.1) is 30.4 Å². The van der Waals surface area contributed by atoms with Gasteiger partial charge in [-0.05, 0) is 53.0 Å². The molecule has 130 valence electrons. The third-order valence-corrected chi connectivity index (χ3v) is 5.51. The topological polar surface area (TPSA) is 47.5 Å². The fourth-order valence-corrected chi connectivity index (χ4v) is 3.89. The van der Waals surface area contributed by atoms with Gasteiger partial charge in [0.25, 0.3) is 0 Å². The highest BCUT2D eigenvalue weighted by molar-refractivity contribution is 7.05. The standard InChI is InChI=1S/C19H21N3O2S/c1-13-19(25-21-20-13)12-22-7-8-24-18(11-22)16-4-3-15-10-17(23-2)6-5-14(15)9-16/h3-6,9-10,18H,7-8,11-12H2,1-2H3/t18-/m0/s1. The van der Waals surface area contributed by atoms with E-state index in [-0.39, 0.29) is 6.10 Å². The van der Waals surface area contributed by atoms with Gasteiger partial charge in [0.2, 0.25) is 0 Å². The number of nitrogens with zero attached hydrogens (tertiary/aromatic N) is 3. The first-order valence-electron chi connectivity index (χ1n) is 8.42. The van der Waals surface area contributed by atoms with Gasteiger partial charge in [-0.15, -0.1) is 5.10 Å². The summed E-state index contributed by atoms with van der Waals surface area (Å²) >= 11 is 1.49. The Morgan fingerprint density at radius 3 is 2.88 bits per heavy atom. The molecule has 6 heteroatoms. The maximum Gasteiger partial charge on any atom is 0.119 e. The normalized spacial score (nSPS) is 18.6. The minimum atomic E-state index is 0.0986. The van der Waals surface area contributed by atoms with Crippen molar-refractivity contribution in [2.75, 3.05) is 26.8 Å². The maximum absolute atomic E-state index is 6.04. The van der Waals surface area contributed by atoms with Crippen molar-refractivity contribution in [2.45, 2.75) is 19.6 Å². The summed E-state index contributed by atoms with van der Waals surface area (Å²) in [5.74, 6) is 0.883. The predicted molar refractivity (Wildman–Crippen MR) is 99.1 cm³/mol. The van der Waals surface area contributed by atoms with Gasteiger partial charge in [0.1, 0.15) is 5.75 Å². The number of rotatable bonds is 4. The highest BCUT2D eigenvalue weighted by Gasteiger charge is 2.23. The molecule has 2 heterocycles. The lowest BCUT2D eigenvalue weighted by Gasteiger charge is -2.33. The van der Waals surface area contributed by atoms with Gasteiger partial charge in [-0.1, -0.05) is 22.7 Å². The van der Waals surface area contributed by atoms with Crippen LogP contribution in [0, 0.1) is 6.92 Å². The van der Waals surface area contributed by atoms with Crippen LogP contribution in [0.4, 0.5) is 0 Å². The van der Waals surface area contributed by atoms with Crippen molar-refractivity contribution in [1.82, 2.24) is 14.5 Å². The van der Waals surface area contributed by atoms with E-state index in [1.54, 1.807) is 7.11 Å². The van der Waals surface area contributed by atoms with Crippen LogP contribution in [0.2, 0.25) is 0 Å². The molecule has 0 amide bonds. The number of methoxy groups -OCH3 is 1. The quantitative estimate of drug-likeness (QED) is 0.716. The fraction of sp³-hybridized carbons (Fsp3) is 0.368. The third-order valence-electron chi connectivity index (χ3n) is 4.71. The van der Waals surface area contributed by atoms with Gasteiger partial charge < -0.3 is 9.47 Å². The molecule has 0 aliphatic carbocycles. The number of benzene rings is 2. The number of aromatic nitrogens is 2. The summed E-state index contributed by atoms with van der Waals surface area (Å²) in [7, 11) is 1.69. The summed E-state index contributed by atoms with van der Waals surface area (Å²) in [6.45, 7) is 5.50. The lowest BCUT2D eigenvalue weighted by molar-refractivity contribution is -0.0326. The van der Waals surface area contributed by atoms with Crippen LogP contribution >= 0.6 is 11.5 Å². The predicted octanol–water partition coefficient (Wildman–Crippen LogP) is 3.58. The van der Waals surface area contributed by atoms with Gasteiger partial charge in [-0.2, -0.15) is 0 Å². The fourth-order valence-electron chi connectivity index (χ4n) is 3.22. The highest BCUT2D eigenvalue weighted by atomic mass is 32.1. The molecule has 0 unspecified atom stereocenters. The smallest absolute Gasteiger partial charge is 0.119 e. The van der Waals surface area contributed by atoms with Gasteiger partial charge in [0, 0.05) is 19.6 Å². The lowest BCUT2D eigenvalue weighted by Crippen LogP contribution is -2.37. The Kier molecular flexibility index (Phi) is 4.65. The van der Waals surface area contributed by atoms with E-state index in [4.69, 9.17) is 9.47 Å². The molecular formula is C19H21N3O2S. The third kappa shape index (κ3) is 3.51. The Bertz CT molecular complexity index is 880. The number of hydrogen-bond donors (Lipinski definition) is 0. The Hall–Kier alpha value is -2.02. The summed E-state index contributed by atoms with van der Waals surface area (Å²) in [5, 5.41) is 6.50. The summed E-state index contributed by atoms with van der Waals surface area (Å²) in [6.07, 6.45) is 0.0986. The van der Waals surface area contributed by atoms with Crippen LogP contribution in [0.25, 0.3) is 10.8 Å². The van der Waals surface area contributed by atoms with Crippen LogP contribution in [0.1, 0.15) is 22.2 Å². The van der Waals surface area contributed by atoms with E-state index in [1.807, 2.05) is 13.0 Å². The second-order valence-corrected chi connectivity index (χ2v) is 7.19. The van der Waals surface area contributed by atoms with Crippen molar-refractivity contribution >= 4 is 22.3 Å². The molecule has 1 fully saturated rings. The molecule has 25 heavy (non-hydrogen) atoms. The number of aryl methyl sites for hydroxylation is 1. The largest absolute Gasteiger partial charge is 0.497 e. The van der Waals surface area contributed by atoms with Crippen LogP contribution in [-0.2, 0) is 11.3 Å². The first-order valence-corrected chi connectivity index (χ1v) is 9.20. The zero-order valence-corrected chi connectivity index (χ0v) is 15.3. The first kappa shape index (κ1) is 16.4. The number of morpholine rings is 1. The molecule has 2 aromatic carbocycles. The maximum atomic E-state index is 6.04. The monoisotopic (exact) mass is 355 g/mol. The average molecular weight is 355 g/mol. The van der Waals surface area contributed by atoms with Crippen molar-refractivity contribution in [2.24, 2.45) is 0 Å². The van der Waals surface area contributed by atoms with E-state index in [0.717, 1.165) is 37.7 Å². The van der Waals surface area contributed by atoms with Gasteiger partial charge >= 0.3 is 0 Å². The van der Waals surface area contributed by atoms with Crippen molar-refractivity contribution in [3.8, 4) is 5.75 Å². The Labute approximate surface area is 151 Å². The molecule has 0 bridgehead atoms. The summed E-state index contributed by atoms with van der Waals surface area (Å²) in [5.41, 5.74) is 2.26. The second kappa shape index (κ2) is 7.07. The van der Waals surface area contributed by atoms with E-state index in [0.29, 0.717) is 0 Å². The van der Waals surface area contributed by atoms with E-state index in [1.165, 1.54) is 32.7 Å². The number of ether oxygens (including phenoxy) is 2. The molecule has 5 nitrogen and oxygen atoms in total. The molecule has 0 saturated carbocycles. The minimum Gasteiger partial charge on any atom is -0.497 e. The summed E-state index contributed by atoms with van der Waals surface area (Å²) in [4.78, 5) is 3.67. The molecule has 1 aliphatic rings.